The molecule has 0 bridgehead atoms. The fourth-order valence-corrected chi connectivity index (χ4v) is 1.94. The van der Waals surface area contributed by atoms with Gasteiger partial charge in [-0.1, -0.05) is 20.3 Å². The molecule has 0 aliphatic rings. The number of ether oxygens (including phenoxy) is 1. The van der Waals surface area contributed by atoms with Crippen molar-refractivity contribution in [1.82, 2.24) is 5.32 Å². The molecule has 0 aromatic heterocycles. The first-order valence-corrected chi connectivity index (χ1v) is 7.33. The molecule has 1 amide bonds. The monoisotopic (exact) mass is 327 g/mol. The Morgan fingerprint density at radius 2 is 1.82 bits per heavy atom. The Kier molecular flexibility index (Phi) is 9.60. The van der Waals surface area contributed by atoms with E-state index in [1.165, 1.54) is 0 Å². The first-order chi connectivity index (χ1) is 10.1. The van der Waals surface area contributed by atoms with Crippen LogP contribution in [0, 0.1) is 5.92 Å². The van der Waals surface area contributed by atoms with Gasteiger partial charge in [-0.25, -0.2) is 4.79 Å². The smallest absolute Gasteiger partial charge is 0.407 e. The van der Waals surface area contributed by atoms with Crippen molar-refractivity contribution in [2.75, 3.05) is 6.54 Å². The van der Waals surface area contributed by atoms with Crippen LogP contribution in [-0.2, 0) is 9.53 Å². The first-order valence-electron chi connectivity index (χ1n) is 7.33. The quantitative estimate of drug-likeness (QED) is 0.600. The van der Waals surface area contributed by atoms with E-state index in [-0.39, 0.29) is 12.3 Å². The van der Waals surface area contributed by atoms with E-state index in [2.05, 4.69) is 0 Å². The molecule has 0 aromatic rings. The molecule has 0 spiro atoms. The van der Waals surface area contributed by atoms with Crippen LogP contribution < -0.4 is 5.32 Å². The molecule has 0 radical (unpaired) electrons. The van der Waals surface area contributed by atoms with Gasteiger partial charge in [0.05, 0.1) is 0 Å². The SMILES string of the molecule is CC(C)CC(CCCCCC(=O)O)OC(=O)NCC(F)(F)F. The first kappa shape index (κ1) is 20.5. The number of aliphatic carboxylic acids is 1. The number of alkyl halides is 3. The topological polar surface area (TPSA) is 75.6 Å². The summed E-state index contributed by atoms with van der Waals surface area (Å²) in [7, 11) is 0. The molecule has 130 valence electrons. The van der Waals surface area contributed by atoms with Gasteiger partial charge in [-0.05, 0) is 31.6 Å². The average molecular weight is 327 g/mol. The number of hydrogen-bond acceptors (Lipinski definition) is 3. The summed E-state index contributed by atoms with van der Waals surface area (Å²) < 4.78 is 41.0. The minimum Gasteiger partial charge on any atom is -0.481 e. The summed E-state index contributed by atoms with van der Waals surface area (Å²) in [5.41, 5.74) is 0. The number of carbonyl (C=O) groups is 2. The molecule has 0 aliphatic heterocycles. The van der Waals surface area contributed by atoms with Gasteiger partial charge >= 0.3 is 18.2 Å². The van der Waals surface area contributed by atoms with Gasteiger partial charge in [0.2, 0.25) is 0 Å². The van der Waals surface area contributed by atoms with Crippen LogP contribution in [0.4, 0.5) is 18.0 Å². The summed E-state index contributed by atoms with van der Waals surface area (Å²) >= 11 is 0. The molecule has 0 aromatic carbocycles. The number of halogens is 3. The van der Waals surface area contributed by atoms with Crippen molar-refractivity contribution >= 4 is 12.1 Å². The van der Waals surface area contributed by atoms with Gasteiger partial charge in [-0.2, -0.15) is 13.2 Å². The highest BCUT2D eigenvalue weighted by Crippen LogP contribution is 2.17. The highest BCUT2D eigenvalue weighted by atomic mass is 19.4. The standard InChI is InChI=1S/C14H24F3NO4/c1-10(2)8-11(6-4-3-5-7-12(19)20)22-13(21)18-9-14(15,16)17/h10-11H,3-9H2,1-2H3,(H,18,21)(H,19,20). The Morgan fingerprint density at radius 3 is 2.32 bits per heavy atom. The number of carboxylic acid groups (broad SMARTS) is 1. The van der Waals surface area contributed by atoms with Gasteiger partial charge in [-0.3, -0.25) is 4.79 Å². The van der Waals surface area contributed by atoms with Gasteiger partial charge in [0, 0.05) is 6.42 Å². The number of hydrogen-bond donors (Lipinski definition) is 2. The minimum atomic E-state index is -4.47. The van der Waals surface area contributed by atoms with Crippen LogP contribution in [0.2, 0.25) is 0 Å². The highest BCUT2D eigenvalue weighted by molar-refractivity contribution is 5.67. The van der Waals surface area contributed by atoms with Crippen LogP contribution in [0.1, 0.15) is 52.4 Å². The second kappa shape index (κ2) is 10.3. The second-order valence-corrected chi connectivity index (χ2v) is 5.62. The number of amides is 1. The van der Waals surface area contributed by atoms with Gasteiger partial charge in [0.25, 0.3) is 0 Å². The lowest BCUT2D eigenvalue weighted by molar-refractivity contribution is -0.137. The third-order valence-corrected chi connectivity index (χ3v) is 2.86. The predicted octanol–water partition coefficient (Wildman–Crippen LogP) is 3.72. The molecule has 1 atom stereocenters. The van der Waals surface area contributed by atoms with Crippen molar-refractivity contribution in [3.05, 3.63) is 0 Å². The van der Waals surface area contributed by atoms with Crippen molar-refractivity contribution in [2.24, 2.45) is 5.92 Å². The van der Waals surface area contributed by atoms with Crippen LogP contribution in [0.5, 0.6) is 0 Å². The Bertz CT molecular complexity index is 345. The van der Waals surface area contributed by atoms with Crippen LogP contribution in [-0.4, -0.2) is 36.0 Å². The Morgan fingerprint density at radius 1 is 1.18 bits per heavy atom. The number of carboxylic acids is 1. The van der Waals surface area contributed by atoms with E-state index in [0.717, 1.165) is 0 Å². The Balaban J connectivity index is 4.11. The van der Waals surface area contributed by atoms with Crippen LogP contribution in [0.3, 0.4) is 0 Å². The van der Waals surface area contributed by atoms with Gasteiger partial charge in [-0.15, -0.1) is 0 Å². The lowest BCUT2D eigenvalue weighted by Crippen LogP contribution is -2.36. The average Bonchev–Trinajstić information content (AvgIpc) is 2.34. The lowest BCUT2D eigenvalue weighted by atomic mass is 10.0. The molecule has 5 nitrogen and oxygen atoms in total. The number of alkyl carbamates (subject to hydrolysis) is 1. The fourth-order valence-electron chi connectivity index (χ4n) is 1.94. The van der Waals surface area contributed by atoms with E-state index in [0.29, 0.717) is 32.1 Å². The van der Waals surface area contributed by atoms with E-state index in [1.54, 1.807) is 5.32 Å². The molecule has 1 unspecified atom stereocenters. The van der Waals surface area contributed by atoms with Crippen LogP contribution >= 0.6 is 0 Å². The van der Waals surface area contributed by atoms with E-state index in [4.69, 9.17) is 9.84 Å². The van der Waals surface area contributed by atoms with Crippen LogP contribution in [0.25, 0.3) is 0 Å². The molecule has 2 N–H and O–H groups in total. The maximum absolute atomic E-state index is 12.0. The second-order valence-electron chi connectivity index (χ2n) is 5.62. The summed E-state index contributed by atoms with van der Waals surface area (Å²) in [6.45, 7) is 2.43. The Hall–Kier alpha value is -1.47. The normalized spacial score (nSPS) is 13.0. The van der Waals surface area contributed by atoms with Crippen molar-refractivity contribution in [3.63, 3.8) is 0 Å². The highest BCUT2D eigenvalue weighted by Gasteiger charge is 2.28. The molecule has 22 heavy (non-hydrogen) atoms. The molecule has 0 heterocycles. The third-order valence-electron chi connectivity index (χ3n) is 2.86. The third kappa shape index (κ3) is 13.5. The van der Waals surface area contributed by atoms with E-state index in [1.807, 2.05) is 13.8 Å². The molecule has 0 fully saturated rings. The number of unbranched alkanes of at least 4 members (excludes halogenated alkanes) is 2. The minimum absolute atomic E-state index is 0.0851. The van der Waals surface area contributed by atoms with E-state index < -0.39 is 30.9 Å². The largest absolute Gasteiger partial charge is 0.481 e. The molecule has 0 rings (SSSR count). The predicted molar refractivity (Wildman–Crippen MR) is 74.5 cm³/mol. The summed E-state index contributed by atoms with van der Waals surface area (Å²) in [5, 5.41) is 10.2. The van der Waals surface area contributed by atoms with Crippen molar-refractivity contribution in [1.29, 1.82) is 0 Å². The fraction of sp³-hybridized carbons (Fsp3) is 0.857. The molecular formula is C14H24F3NO4. The van der Waals surface area contributed by atoms with Crippen molar-refractivity contribution < 1.29 is 32.6 Å². The number of nitrogens with one attached hydrogen (secondary N) is 1. The van der Waals surface area contributed by atoms with Gasteiger partial charge in [0.15, 0.2) is 0 Å². The van der Waals surface area contributed by atoms with E-state index in [9.17, 15) is 22.8 Å². The van der Waals surface area contributed by atoms with Crippen molar-refractivity contribution in [3.8, 4) is 0 Å². The zero-order valence-corrected chi connectivity index (χ0v) is 12.9. The van der Waals surface area contributed by atoms with Crippen LogP contribution in [0.15, 0.2) is 0 Å². The molecule has 8 heteroatoms. The Labute approximate surface area is 128 Å². The number of carbonyl (C=O) groups excluding carboxylic acids is 1. The molecule has 0 saturated carbocycles. The summed E-state index contributed by atoms with van der Waals surface area (Å²) in [6.07, 6.45) is -2.98. The van der Waals surface area contributed by atoms with Gasteiger partial charge in [0.1, 0.15) is 12.6 Å². The molecule has 0 saturated heterocycles. The molecule has 0 aliphatic carbocycles. The molecular weight excluding hydrogens is 303 g/mol. The van der Waals surface area contributed by atoms with Gasteiger partial charge < -0.3 is 15.2 Å². The summed E-state index contributed by atoms with van der Waals surface area (Å²) in [5.74, 6) is -0.624. The maximum atomic E-state index is 12.0. The summed E-state index contributed by atoms with van der Waals surface area (Å²) in [6, 6.07) is 0. The lowest BCUT2D eigenvalue weighted by Gasteiger charge is -2.20. The van der Waals surface area contributed by atoms with Crippen molar-refractivity contribution in [2.45, 2.75) is 64.7 Å². The maximum Gasteiger partial charge on any atom is 0.407 e. The number of rotatable bonds is 10. The zero-order valence-electron chi connectivity index (χ0n) is 12.9. The zero-order chi connectivity index (χ0) is 17.2. The van der Waals surface area contributed by atoms with E-state index >= 15 is 0 Å². The summed E-state index contributed by atoms with van der Waals surface area (Å²) in [4.78, 5) is 21.7.